The van der Waals surface area contributed by atoms with E-state index in [-0.39, 0.29) is 12.0 Å². The molecule has 1 atom stereocenters. The topological polar surface area (TPSA) is 63.6 Å². The summed E-state index contributed by atoms with van der Waals surface area (Å²) in [6.45, 7) is 1.62. The summed E-state index contributed by atoms with van der Waals surface area (Å²) in [6, 6.07) is 8.15. The summed E-state index contributed by atoms with van der Waals surface area (Å²) >= 11 is 0. The fourth-order valence-corrected chi connectivity index (χ4v) is 0.959. The van der Waals surface area contributed by atoms with Crippen LogP contribution >= 0.6 is 0 Å². The van der Waals surface area contributed by atoms with E-state index in [1.54, 1.807) is 25.1 Å². The van der Waals surface area contributed by atoms with Crippen molar-refractivity contribution in [2.24, 2.45) is 0 Å². The van der Waals surface area contributed by atoms with Gasteiger partial charge < -0.3 is 9.84 Å². The third-order valence-electron chi connectivity index (χ3n) is 1.86. The molecule has 0 saturated heterocycles. The van der Waals surface area contributed by atoms with Crippen molar-refractivity contribution < 1.29 is 19.4 Å². The Hall–Kier alpha value is -1.68. The number of aliphatic hydroxyl groups excluding tert-OH is 1. The van der Waals surface area contributed by atoms with Crippen LogP contribution in [0.4, 0.5) is 0 Å². The van der Waals surface area contributed by atoms with Gasteiger partial charge in [0.15, 0.2) is 6.10 Å². The fourth-order valence-electron chi connectivity index (χ4n) is 0.959. The average Bonchev–Trinajstić information content (AvgIpc) is 2.29. The van der Waals surface area contributed by atoms with Gasteiger partial charge in [0.2, 0.25) is 0 Å². The molecule has 4 nitrogen and oxygen atoms in total. The van der Waals surface area contributed by atoms with Gasteiger partial charge in [-0.1, -0.05) is 25.1 Å². The van der Waals surface area contributed by atoms with Crippen LogP contribution in [0.3, 0.4) is 0 Å². The van der Waals surface area contributed by atoms with Crippen LogP contribution in [0.1, 0.15) is 23.7 Å². The molecule has 0 amide bonds. The van der Waals surface area contributed by atoms with E-state index in [0.29, 0.717) is 0 Å². The first-order chi connectivity index (χ1) is 7.15. The standard InChI is InChI=1S/C11H12O4/c1-2-9(12)11(14)15-10(13)8-6-4-3-5-7-8/h3-7,9,12H,2H2,1H3. The monoisotopic (exact) mass is 208 g/mol. The Morgan fingerprint density at radius 3 is 2.47 bits per heavy atom. The summed E-state index contributed by atoms with van der Waals surface area (Å²) in [5, 5.41) is 9.10. The van der Waals surface area contributed by atoms with Crippen molar-refractivity contribution in [1.29, 1.82) is 0 Å². The molecule has 0 bridgehead atoms. The third-order valence-corrected chi connectivity index (χ3v) is 1.86. The molecule has 0 aliphatic rings. The molecule has 1 aromatic carbocycles. The molecule has 0 aromatic heterocycles. The van der Waals surface area contributed by atoms with Gasteiger partial charge in [-0.3, -0.25) is 0 Å². The molecule has 0 aliphatic carbocycles. The maximum Gasteiger partial charge on any atom is 0.345 e. The molecule has 1 aromatic rings. The lowest BCUT2D eigenvalue weighted by Gasteiger charge is -2.06. The first kappa shape index (κ1) is 11.4. The molecule has 0 heterocycles. The van der Waals surface area contributed by atoms with Crippen molar-refractivity contribution in [3.8, 4) is 0 Å². The smallest absolute Gasteiger partial charge is 0.345 e. The van der Waals surface area contributed by atoms with E-state index in [4.69, 9.17) is 5.11 Å². The molecule has 4 heteroatoms. The van der Waals surface area contributed by atoms with Gasteiger partial charge in [-0.2, -0.15) is 0 Å². The number of carbonyl (C=O) groups excluding carboxylic acids is 2. The Labute approximate surface area is 87.5 Å². The van der Waals surface area contributed by atoms with Crippen LogP contribution in [0.15, 0.2) is 30.3 Å². The second-order valence-corrected chi connectivity index (χ2v) is 3.00. The number of hydrogen-bond donors (Lipinski definition) is 1. The van der Waals surface area contributed by atoms with Crippen LogP contribution in [0.2, 0.25) is 0 Å². The summed E-state index contributed by atoms with van der Waals surface area (Å²) in [7, 11) is 0. The van der Waals surface area contributed by atoms with Crippen LogP contribution in [-0.2, 0) is 9.53 Å². The van der Waals surface area contributed by atoms with E-state index < -0.39 is 18.0 Å². The largest absolute Gasteiger partial charge is 0.387 e. The minimum absolute atomic E-state index is 0.223. The Bertz CT molecular complexity index is 345. The van der Waals surface area contributed by atoms with Crippen LogP contribution in [0.5, 0.6) is 0 Å². The second-order valence-electron chi connectivity index (χ2n) is 3.00. The SMILES string of the molecule is CCC(O)C(=O)OC(=O)c1ccccc1. The van der Waals surface area contributed by atoms with Gasteiger partial charge >= 0.3 is 11.9 Å². The highest BCUT2D eigenvalue weighted by atomic mass is 16.6. The lowest BCUT2D eigenvalue weighted by atomic mass is 10.2. The maximum atomic E-state index is 11.3. The van der Waals surface area contributed by atoms with Crippen molar-refractivity contribution >= 4 is 11.9 Å². The third kappa shape index (κ3) is 3.18. The molecule has 1 N–H and O–H groups in total. The molecule has 0 saturated carbocycles. The van der Waals surface area contributed by atoms with Gasteiger partial charge in [0.25, 0.3) is 0 Å². The number of carbonyl (C=O) groups is 2. The molecule has 1 unspecified atom stereocenters. The summed E-state index contributed by atoms with van der Waals surface area (Å²) in [5.41, 5.74) is 0.286. The van der Waals surface area contributed by atoms with E-state index >= 15 is 0 Å². The lowest BCUT2D eigenvalue weighted by molar-refractivity contribution is -0.147. The summed E-state index contributed by atoms with van der Waals surface area (Å²) in [6.07, 6.45) is -1.02. The molecular weight excluding hydrogens is 196 g/mol. The highest BCUT2D eigenvalue weighted by molar-refractivity contribution is 5.97. The number of rotatable bonds is 3. The predicted molar refractivity (Wildman–Crippen MR) is 53.2 cm³/mol. The molecule has 80 valence electrons. The van der Waals surface area contributed by atoms with Crippen molar-refractivity contribution in [2.45, 2.75) is 19.4 Å². The van der Waals surface area contributed by atoms with E-state index in [1.165, 1.54) is 12.1 Å². The zero-order valence-electron chi connectivity index (χ0n) is 8.34. The normalized spacial score (nSPS) is 11.9. The summed E-state index contributed by atoms with van der Waals surface area (Å²) in [5.74, 6) is -1.65. The first-order valence-corrected chi connectivity index (χ1v) is 4.64. The number of hydrogen-bond acceptors (Lipinski definition) is 4. The van der Waals surface area contributed by atoms with Gasteiger partial charge in [-0.15, -0.1) is 0 Å². The van der Waals surface area contributed by atoms with E-state index in [1.807, 2.05) is 0 Å². The predicted octanol–water partition coefficient (Wildman–Crippen LogP) is 1.14. The van der Waals surface area contributed by atoms with Gasteiger partial charge in [-0.05, 0) is 18.6 Å². The molecule has 0 spiro atoms. The van der Waals surface area contributed by atoms with Crippen molar-refractivity contribution in [3.05, 3.63) is 35.9 Å². The fraction of sp³-hybridized carbons (Fsp3) is 0.273. The van der Waals surface area contributed by atoms with Crippen LogP contribution in [0, 0.1) is 0 Å². The maximum absolute atomic E-state index is 11.3. The Morgan fingerprint density at radius 1 is 1.33 bits per heavy atom. The minimum atomic E-state index is -1.24. The van der Waals surface area contributed by atoms with Crippen LogP contribution < -0.4 is 0 Å². The second kappa shape index (κ2) is 5.26. The van der Waals surface area contributed by atoms with E-state index in [9.17, 15) is 9.59 Å². The van der Waals surface area contributed by atoms with Crippen molar-refractivity contribution in [2.75, 3.05) is 0 Å². The molecule has 1 rings (SSSR count). The zero-order valence-corrected chi connectivity index (χ0v) is 8.34. The van der Waals surface area contributed by atoms with E-state index in [0.717, 1.165) is 0 Å². The molecule has 0 fully saturated rings. The number of esters is 2. The quantitative estimate of drug-likeness (QED) is 0.597. The minimum Gasteiger partial charge on any atom is -0.387 e. The van der Waals surface area contributed by atoms with Crippen LogP contribution in [0.25, 0.3) is 0 Å². The van der Waals surface area contributed by atoms with Crippen LogP contribution in [-0.4, -0.2) is 23.1 Å². The van der Waals surface area contributed by atoms with E-state index in [2.05, 4.69) is 4.74 Å². The summed E-state index contributed by atoms with van der Waals surface area (Å²) in [4.78, 5) is 22.4. The Morgan fingerprint density at radius 2 is 1.93 bits per heavy atom. The lowest BCUT2D eigenvalue weighted by Crippen LogP contribution is -2.25. The number of benzene rings is 1. The van der Waals surface area contributed by atoms with Crippen molar-refractivity contribution in [3.63, 3.8) is 0 Å². The Kier molecular flexibility index (Phi) is 4.00. The summed E-state index contributed by atoms with van der Waals surface area (Å²) < 4.78 is 4.46. The molecule has 15 heavy (non-hydrogen) atoms. The van der Waals surface area contributed by atoms with Crippen molar-refractivity contribution in [1.82, 2.24) is 0 Å². The molecule has 0 radical (unpaired) electrons. The van der Waals surface area contributed by atoms with Gasteiger partial charge in [0.05, 0.1) is 5.56 Å². The molecule has 0 aliphatic heterocycles. The first-order valence-electron chi connectivity index (χ1n) is 4.64. The number of aliphatic hydroxyl groups is 1. The van der Waals surface area contributed by atoms with Gasteiger partial charge in [0.1, 0.15) is 0 Å². The highest BCUT2D eigenvalue weighted by Crippen LogP contribution is 2.03. The Balaban J connectivity index is 2.61. The molecular formula is C11H12O4. The van der Waals surface area contributed by atoms with Gasteiger partial charge in [-0.25, -0.2) is 9.59 Å². The number of ether oxygens (including phenoxy) is 1. The van der Waals surface area contributed by atoms with Gasteiger partial charge in [0, 0.05) is 0 Å². The zero-order chi connectivity index (χ0) is 11.3. The average molecular weight is 208 g/mol. The highest BCUT2D eigenvalue weighted by Gasteiger charge is 2.18.